The average molecular weight is 315 g/mol. The molecule has 2 heterocycles. The summed E-state index contributed by atoms with van der Waals surface area (Å²) in [5.74, 6) is -0.379. The Morgan fingerprint density at radius 3 is 3.00 bits per heavy atom. The van der Waals surface area contributed by atoms with E-state index in [2.05, 4.69) is 10.3 Å². The van der Waals surface area contributed by atoms with Crippen molar-refractivity contribution in [1.82, 2.24) is 9.55 Å². The fourth-order valence-electron chi connectivity index (χ4n) is 2.10. The minimum Gasteiger partial charge on any atom is -0.429 e. The number of aromatic amines is 1. The van der Waals surface area contributed by atoms with Gasteiger partial charge in [0.25, 0.3) is 10.7 Å². The van der Waals surface area contributed by atoms with E-state index in [1.54, 1.807) is 30.6 Å². The summed E-state index contributed by atoms with van der Waals surface area (Å²) in [7, 11) is 0. The molecule has 0 saturated carbocycles. The van der Waals surface area contributed by atoms with Crippen molar-refractivity contribution in [2.45, 2.75) is 13.5 Å². The summed E-state index contributed by atoms with van der Waals surface area (Å²) in [4.78, 5) is 27.2. The molecule has 22 heavy (non-hydrogen) atoms. The van der Waals surface area contributed by atoms with E-state index in [4.69, 9.17) is 16.6 Å². The van der Waals surface area contributed by atoms with Crippen molar-refractivity contribution in [3.05, 3.63) is 57.3 Å². The van der Waals surface area contributed by atoms with E-state index in [-0.39, 0.29) is 21.9 Å². The van der Waals surface area contributed by atoms with Gasteiger partial charge in [0, 0.05) is 30.6 Å². The number of carbonyl (C=O) groups excluding carboxylic acids is 1. The number of hydrogen-bond acceptors (Lipinski definition) is 4. The van der Waals surface area contributed by atoms with Gasteiger partial charge in [-0.25, -0.2) is 0 Å². The van der Waals surface area contributed by atoms with Crippen molar-refractivity contribution in [3.8, 4) is 0 Å². The lowest BCUT2D eigenvalue weighted by atomic mass is 10.2. The van der Waals surface area contributed by atoms with E-state index in [0.29, 0.717) is 17.7 Å². The number of benzene rings is 1. The highest BCUT2D eigenvalue weighted by Gasteiger charge is 2.10. The Morgan fingerprint density at radius 1 is 1.41 bits per heavy atom. The smallest absolute Gasteiger partial charge is 0.266 e. The number of anilines is 1. The van der Waals surface area contributed by atoms with Crippen LogP contribution >= 0.6 is 12.2 Å². The van der Waals surface area contributed by atoms with Crippen LogP contribution in [0.1, 0.15) is 17.3 Å². The van der Waals surface area contributed by atoms with Gasteiger partial charge in [0.05, 0.1) is 5.52 Å². The van der Waals surface area contributed by atoms with Crippen molar-refractivity contribution in [2.75, 3.05) is 5.32 Å². The van der Waals surface area contributed by atoms with Gasteiger partial charge < -0.3 is 19.3 Å². The van der Waals surface area contributed by atoms with E-state index in [1.807, 2.05) is 11.5 Å². The molecular formula is C15H13N3O3S. The van der Waals surface area contributed by atoms with E-state index in [0.717, 1.165) is 5.52 Å². The van der Waals surface area contributed by atoms with Crippen molar-refractivity contribution in [2.24, 2.45) is 0 Å². The summed E-state index contributed by atoms with van der Waals surface area (Å²) in [5, 5.41) is 2.62. The number of nitrogens with one attached hydrogen (secondary N) is 2. The number of aryl methyl sites for hydroxylation is 1. The van der Waals surface area contributed by atoms with Gasteiger partial charge in [-0.3, -0.25) is 9.59 Å². The largest absolute Gasteiger partial charge is 0.429 e. The molecule has 0 aliphatic rings. The van der Waals surface area contributed by atoms with Gasteiger partial charge >= 0.3 is 0 Å². The maximum Gasteiger partial charge on any atom is 0.266 e. The molecule has 0 bridgehead atoms. The Balaban J connectivity index is 1.92. The summed E-state index contributed by atoms with van der Waals surface area (Å²) < 4.78 is 7.09. The fraction of sp³-hybridized carbons (Fsp3) is 0.133. The summed E-state index contributed by atoms with van der Waals surface area (Å²) in [6.07, 6.45) is 3.29. The lowest BCUT2D eigenvalue weighted by molar-refractivity contribution is 0.102. The lowest BCUT2D eigenvalue weighted by Gasteiger charge is -2.07. The van der Waals surface area contributed by atoms with Crippen molar-refractivity contribution >= 4 is 34.9 Å². The molecule has 3 aromatic rings. The van der Waals surface area contributed by atoms with Gasteiger partial charge in [-0.2, -0.15) is 0 Å². The zero-order valence-electron chi connectivity index (χ0n) is 11.8. The SMILES string of the molecule is CCn1ccc(=O)c(NC(=O)c2ccc3[nH]c(=S)oc3c2)c1. The zero-order valence-corrected chi connectivity index (χ0v) is 12.6. The summed E-state index contributed by atoms with van der Waals surface area (Å²) in [5.41, 5.74) is 1.60. The average Bonchev–Trinajstić information content (AvgIpc) is 2.88. The van der Waals surface area contributed by atoms with E-state index in [1.165, 1.54) is 6.07 Å². The Kier molecular flexibility index (Phi) is 3.64. The number of hydrogen-bond donors (Lipinski definition) is 2. The van der Waals surface area contributed by atoms with Crippen LogP contribution in [0.3, 0.4) is 0 Å². The molecule has 6 nitrogen and oxygen atoms in total. The van der Waals surface area contributed by atoms with Crippen molar-refractivity contribution < 1.29 is 9.21 Å². The normalized spacial score (nSPS) is 10.8. The molecule has 0 fully saturated rings. The Labute approximate surface area is 130 Å². The zero-order chi connectivity index (χ0) is 15.7. The molecule has 3 rings (SSSR count). The van der Waals surface area contributed by atoms with Crippen LogP contribution in [-0.4, -0.2) is 15.5 Å². The number of oxazole rings is 1. The van der Waals surface area contributed by atoms with Crippen molar-refractivity contribution in [3.63, 3.8) is 0 Å². The summed E-state index contributed by atoms with van der Waals surface area (Å²) in [6.45, 7) is 2.66. The number of fused-ring (bicyclic) bond motifs is 1. The topological polar surface area (TPSA) is 80.0 Å². The van der Waals surface area contributed by atoms with Crippen LogP contribution in [0.2, 0.25) is 0 Å². The van der Waals surface area contributed by atoms with Gasteiger partial charge in [0.15, 0.2) is 5.58 Å². The van der Waals surface area contributed by atoms with Gasteiger partial charge in [-0.05, 0) is 37.3 Å². The third-order valence-corrected chi connectivity index (χ3v) is 3.46. The predicted octanol–water partition coefficient (Wildman–Crippen LogP) is 2.92. The second-order valence-corrected chi connectivity index (χ2v) is 5.10. The molecule has 2 aromatic heterocycles. The molecule has 0 aliphatic carbocycles. The molecule has 0 atom stereocenters. The molecular weight excluding hydrogens is 302 g/mol. The predicted molar refractivity (Wildman–Crippen MR) is 85.7 cm³/mol. The molecule has 2 N–H and O–H groups in total. The number of rotatable bonds is 3. The van der Waals surface area contributed by atoms with Gasteiger partial charge in [-0.15, -0.1) is 0 Å². The second kappa shape index (κ2) is 5.61. The highest BCUT2D eigenvalue weighted by atomic mass is 32.1. The summed E-state index contributed by atoms with van der Waals surface area (Å²) >= 11 is 4.90. The van der Waals surface area contributed by atoms with Crippen LogP contribution in [-0.2, 0) is 6.54 Å². The van der Waals surface area contributed by atoms with Crippen LogP contribution < -0.4 is 10.7 Å². The quantitative estimate of drug-likeness (QED) is 0.728. The second-order valence-electron chi connectivity index (χ2n) is 4.73. The molecule has 0 aliphatic heterocycles. The molecule has 1 amide bonds. The van der Waals surface area contributed by atoms with Gasteiger partial charge in [0.1, 0.15) is 5.69 Å². The van der Waals surface area contributed by atoms with E-state index in [9.17, 15) is 9.59 Å². The van der Waals surface area contributed by atoms with Crippen LogP contribution in [0.15, 0.2) is 45.9 Å². The first kappa shape index (κ1) is 14.3. The number of aromatic nitrogens is 2. The number of H-pyrrole nitrogens is 1. The highest BCUT2D eigenvalue weighted by molar-refractivity contribution is 7.71. The first-order chi connectivity index (χ1) is 10.6. The standard InChI is InChI=1S/C15H13N3O3S/c1-2-18-6-5-12(19)11(8-18)16-14(20)9-3-4-10-13(7-9)21-15(22)17-10/h3-8H,2H2,1H3,(H,16,20)(H,17,22). The van der Waals surface area contributed by atoms with E-state index < -0.39 is 0 Å². The first-order valence-electron chi connectivity index (χ1n) is 6.71. The Hall–Kier alpha value is -2.67. The first-order valence-corrected chi connectivity index (χ1v) is 7.12. The maximum absolute atomic E-state index is 12.3. The molecule has 7 heteroatoms. The molecule has 0 saturated heterocycles. The number of pyridine rings is 1. The van der Waals surface area contributed by atoms with Crippen LogP contribution in [0.5, 0.6) is 0 Å². The minimum absolute atomic E-state index is 0.238. The summed E-state index contributed by atoms with van der Waals surface area (Å²) in [6, 6.07) is 6.35. The van der Waals surface area contributed by atoms with Gasteiger partial charge in [0.2, 0.25) is 5.43 Å². The van der Waals surface area contributed by atoms with Crippen LogP contribution in [0, 0.1) is 4.84 Å². The Morgan fingerprint density at radius 2 is 2.23 bits per heavy atom. The number of carbonyl (C=O) groups is 1. The molecule has 0 radical (unpaired) electrons. The minimum atomic E-state index is -0.379. The highest BCUT2D eigenvalue weighted by Crippen LogP contribution is 2.16. The Bertz CT molecular complexity index is 968. The molecule has 0 unspecified atom stereocenters. The number of nitrogens with zero attached hydrogens (tertiary/aromatic N) is 1. The monoisotopic (exact) mass is 315 g/mol. The van der Waals surface area contributed by atoms with Crippen LogP contribution in [0.25, 0.3) is 11.1 Å². The van der Waals surface area contributed by atoms with Crippen LogP contribution in [0.4, 0.5) is 5.69 Å². The van der Waals surface area contributed by atoms with Crippen molar-refractivity contribution in [1.29, 1.82) is 0 Å². The third kappa shape index (κ3) is 2.71. The molecule has 0 spiro atoms. The fourth-order valence-corrected chi connectivity index (χ4v) is 2.30. The number of amides is 1. The van der Waals surface area contributed by atoms with E-state index >= 15 is 0 Å². The lowest BCUT2D eigenvalue weighted by Crippen LogP contribution is -2.19. The van der Waals surface area contributed by atoms with Gasteiger partial charge in [-0.1, -0.05) is 0 Å². The maximum atomic E-state index is 12.3. The molecule has 1 aromatic carbocycles. The molecule has 112 valence electrons. The third-order valence-electron chi connectivity index (χ3n) is 3.27.